The van der Waals surface area contributed by atoms with Crippen molar-refractivity contribution in [3.05, 3.63) is 99.5 Å². The molecule has 0 saturated heterocycles. The second-order valence-electron chi connectivity index (χ2n) is 9.27. The average Bonchev–Trinajstić information content (AvgIpc) is 2.85. The Balaban J connectivity index is 2.05. The summed E-state index contributed by atoms with van der Waals surface area (Å²) >= 11 is 9.43. The van der Waals surface area contributed by atoms with Gasteiger partial charge in [0.15, 0.2) is 0 Å². The molecule has 0 fully saturated rings. The standard InChI is InChI=1S/C28H31BrClN3O4S/c1-20(2)31-28(35)26(16-21-8-5-4-6-9-21)32(18-22-12-14-24(30)15-13-22)27(34)19-33(38(3,36)37)25-11-7-10-23(29)17-25/h4-15,17,20,26H,16,18-19H2,1-3H3,(H,31,35). The van der Waals surface area contributed by atoms with E-state index in [2.05, 4.69) is 21.2 Å². The van der Waals surface area contributed by atoms with E-state index in [0.29, 0.717) is 15.2 Å². The molecule has 0 heterocycles. The number of sulfonamides is 1. The van der Waals surface area contributed by atoms with Gasteiger partial charge in [-0.05, 0) is 55.3 Å². The van der Waals surface area contributed by atoms with Gasteiger partial charge in [-0.3, -0.25) is 13.9 Å². The molecule has 2 amide bonds. The van der Waals surface area contributed by atoms with E-state index in [1.165, 1.54) is 4.90 Å². The molecule has 0 aliphatic heterocycles. The van der Waals surface area contributed by atoms with Crippen LogP contribution in [-0.4, -0.2) is 50.0 Å². The summed E-state index contributed by atoms with van der Waals surface area (Å²) in [7, 11) is -3.82. The summed E-state index contributed by atoms with van der Waals surface area (Å²) in [5, 5.41) is 3.47. The highest BCUT2D eigenvalue weighted by atomic mass is 79.9. The van der Waals surface area contributed by atoms with E-state index in [4.69, 9.17) is 11.6 Å². The second kappa shape index (κ2) is 13.3. The van der Waals surface area contributed by atoms with Crippen LogP contribution in [0.3, 0.4) is 0 Å². The number of nitrogens with one attached hydrogen (secondary N) is 1. The molecule has 3 rings (SSSR count). The zero-order valence-corrected chi connectivity index (χ0v) is 24.6. The number of nitrogens with zero attached hydrogens (tertiary/aromatic N) is 2. The Morgan fingerprint density at radius 2 is 1.61 bits per heavy atom. The van der Waals surface area contributed by atoms with Crippen LogP contribution in [0.25, 0.3) is 0 Å². The number of hydrogen-bond acceptors (Lipinski definition) is 4. The van der Waals surface area contributed by atoms with Crippen LogP contribution in [-0.2, 0) is 32.6 Å². The van der Waals surface area contributed by atoms with Crippen molar-refractivity contribution in [1.29, 1.82) is 0 Å². The van der Waals surface area contributed by atoms with Crippen LogP contribution in [0.1, 0.15) is 25.0 Å². The predicted molar refractivity (Wildman–Crippen MR) is 156 cm³/mol. The summed E-state index contributed by atoms with van der Waals surface area (Å²) in [6, 6.07) is 22.1. The summed E-state index contributed by atoms with van der Waals surface area (Å²) in [5.74, 6) is -0.829. The van der Waals surface area contributed by atoms with Gasteiger partial charge in [0.25, 0.3) is 0 Å². The minimum absolute atomic E-state index is 0.0924. The lowest BCUT2D eigenvalue weighted by atomic mass is 10.0. The van der Waals surface area contributed by atoms with Crippen LogP contribution in [0.2, 0.25) is 5.02 Å². The summed E-state index contributed by atoms with van der Waals surface area (Å²) in [4.78, 5) is 28.9. The molecular formula is C28H31BrClN3O4S. The van der Waals surface area contributed by atoms with Crippen molar-refractivity contribution in [3.63, 3.8) is 0 Å². The summed E-state index contributed by atoms with van der Waals surface area (Å²) in [5.41, 5.74) is 1.97. The van der Waals surface area contributed by atoms with Crippen molar-refractivity contribution < 1.29 is 18.0 Å². The quantitative estimate of drug-likeness (QED) is 0.326. The minimum Gasteiger partial charge on any atom is -0.352 e. The topological polar surface area (TPSA) is 86.8 Å². The van der Waals surface area contributed by atoms with Crippen molar-refractivity contribution in [3.8, 4) is 0 Å². The Labute approximate surface area is 238 Å². The normalized spacial score (nSPS) is 12.2. The van der Waals surface area contributed by atoms with Gasteiger partial charge in [0.05, 0.1) is 11.9 Å². The van der Waals surface area contributed by atoms with Crippen LogP contribution in [0, 0.1) is 0 Å². The Morgan fingerprint density at radius 3 is 2.18 bits per heavy atom. The van der Waals surface area contributed by atoms with Gasteiger partial charge in [-0.1, -0.05) is 76.1 Å². The summed E-state index contributed by atoms with van der Waals surface area (Å²) < 4.78 is 27.3. The second-order valence-corrected chi connectivity index (χ2v) is 12.5. The first-order chi connectivity index (χ1) is 17.9. The van der Waals surface area contributed by atoms with Gasteiger partial charge in [-0.15, -0.1) is 0 Å². The van der Waals surface area contributed by atoms with Gasteiger partial charge in [0.2, 0.25) is 21.8 Å². The summed E-state index contributed by atoms with van der Waals surface area (Å²) in [6.45, 7) is 3.32. The maximum atomic E-state index is 14.0. The SMILES string of the molecule is CC(C)NC(=O)C(Cc1ccccc1)N(Cc1ccc(Cl)cc1)C(=O)CN(c1cccc(Br)c1)S(C)(=O)=O. The van der Waals surface area contributed by atoms with Crippen molar-refractivity contribution in [2.45, 2.75) is 38.9 Å². The van der Waals surface area contributed by atoms with Crippen molar-refractivity contribution in [1.82, 2.24) is 10.2 Å². The molecule has 7 nitrogen and oxygen atoms in total. The van der Waals surface area contributed by atoms with E-state index in [0.717, 1.165) is 21.7 Å². The van der Waals surface area contributed by atoms with E-state index in [1.807, 2.05) is 44.2 Å². The number of amides is 2. The zero-order valence-electron chi connectivity index (χ0n) is 21.5. The number of rotatable bonds is 11. The van der Waals surface area contributed by atoms with E-state index in [-0.39, 0.29) is 24.9 Å². The number of hydrogen-bond donors (Lipinski definition) is 1. The van der Waals surface area contributed by atoms with Crippen LogP contribution in [0.15, 0.2) is 83.3 Å². The first kappa shape index (κ1) is 29.7. The van der Waals surface area contributed by atoms with Crippen LogP contribution in [0.4, 0.5) is 5.69 Å². The summed E-state index contributed by atoms with van der Waals surface area (Å²) in [6.07, 6.45) is 1.31. The molecule has 0 saturated carbocycles. The highest BCUT2D eigenvalue weighted by molar-refractivity contribution is 9.10. The van der Waals surface area contributed by atoms with Crippen LogP contribution in [0.5, 0.6) is 0 Å². The Bertz CT molecular complexity index is 1350. The highest BCUT2D eigenvalue weighted by Crippen LogP contribution is 2.24. The molecular weight excluding hydrogens is 590 g/mol. The molecule has 0 spiro atoms. The molecule has 1 atom stereocenters. The van der Waals surface area contributed by atoms with Gasteiger partial charge < -0.3 is 10.2 Å². The monoisotopic (exact) mass is 619 g/mol. The molecule has 0 bridgehead atoms. The third kappa shape index (κ3) is 8.58. The lowest BCUT2D eigenvalue weighted by Crippen LogP contribution is -2.54. The fraction of sp³-hybridized carbons (Fsp3) is 0.286. The fourth-order valence-electron chi connectivity index (χ4n) is 3.97. The first-order valence-electron chi connectivity index (χ1n) is 12.1. The number of benzene rings is 3. The van der Waals surface area contributed by atoms with Crippen molar-refractivity contribution in [2.24, 2.45) is 0 Å². The van der Waals surface area contributed by atoms with E-state index < -0.39 is 28.5 Å². The van der Waals surface area contributed by atoms with E-state index in [1.54, 1.807) is 48.5 Å². The van der Waals surface area contributed by atoms with Gasteiger partial charge in [0, 0.05) is 28.5 Å². The lowest BCUT2D eigenvalue weighted by Gasteiger charge is -2.34. The van der Waals surface area contributed by atoms with Crippen molar-refractivity contribution in [2.75, 3.05) is 17.1 Å². The Kier molecular flexibility index (Phi) is 10.4. The van der Waals surface area contributed by atoms with Gasteiger partial charge in [-0.25, -0.2) is 8.42 Å². The Hall–Kier alpha value is -2.88. The highest BCUT2D eigenvalue weighted by Gasteiger charge is 2.33. The number of anilines is 1. The number of carbonyl (C=O) groups is 2. The van der Waals surface area contributed by atoms with Gasteiger partial charge in [0.1, 0.15) is 12.6 Å². The van der Waals surface area contributed by atoms with E-state index >= 15 is 0 Å². The van der Waals surface area contributed by atoms with Gasteiger partial charge in [-0.2, -0.15) is 0 Å². The zero-order chi connectivity index (χ0) is 27.9. The first-order valence-corrected chi connectivity index (χ1v) is 15.1. The minimum atomic E-state index is -3.82. The third-order valence-electron chi connectivity index (χ3n) is 5.74. The maximum absolute atomic E-state index is 14.0. The van der Waals surface area contributed by atoms with Crippen LogP contribution < -0.4 is 9.62 Å². The molecule has 1 unspecified atom stereocenters. The van der Waals surface area contributed by atoms with Crippen LogP contribution >= 0.6 is 27.5 Å². The molecule has 10 heteroatoms. The third-order valence-corrected chi connectivity index (χ3v) is 7.63. The lowest BCUT2D eigenvalue weighted by molar-refractivity contribution is -0.140. The molecule has 38 heavy (non-hydrogen) atoms. The van der Waals surface area contributed by atoms with Gasteiger partial charge >= 0.3 is 0 Å². The molecule has 3 aromatic rings. The molecule has 0 aliphatic rings. The molecule has 0 aliphatic carbocycles. The van der Waals surface area contributed by atoms with Crippen molar-refractivity contribution >= 4 is 55.1 Å². The predicted octanol–water partition coefficient (Wildman–Crippen LogP) is 5.03. The average molecular weight is 621 g/mol. The molecule has 0 aromatic heterocycles. The molecule has 0 radical (unpaired) electrons. The molecule has 202 valence electrons. The number of carbonyl (C=O) groups excluding carboxylic acids is 2. The fourth-order valence-corrected chi connectivity index (χ4v) is 5.32. The molecule has 3 aromatic carbocycles. The Morgan fingerprint density at radius 1 is 0.947 bits per heavy atom. The number of halogens is 2. The maximum Gasteiger partial charge on any atom is 0.244 e. The largest absolute Gasteiger partial charge is 0.352 e. The smallest absolute Gasteiger partial charge is 0.244 e. The molecule has 1 N–H and O–H groups in total. The van der Waals surface area contributed by atoms with E-state index in [9.17, 15) is 18.0 Å².